The van der Waals surface area contributed by atoms with E-state index in [-0.39, 0.29) is 26.4 Å². The van der Waals surface area contributed by atoms with E-state index in [4.69, 9.17) is 18.9 Å². The van der Waals surface area contributed by atoms with Gasteiger partial charge in [-0.15, -0.1) is 0 Å². The number of nitrogens with zero attached hydrogens (tertiary/aromatic N) is 2. The van der Waals surface area contributed by atoms with Gasteiger partial charge in [0.15, 0.2) is 13.2 Å². The first kappa shape index (κ1) is 19.6. The van der Waals surface area contributed by atoms with Crippen LogP contribution in [0.2, 0.25) is 0 Å². The van der Waals surface area contributed by atoms with Crippen LogP contribution in [0, 0.1) is 20.2 Å². The Bertz CT molecular complexity index is 496. The van der Waals surface area contributed by atoms with Crippen LogP contribution in [0.4, 0.5) is 0 Å². The number of nitro groups is 2. The molecule has 1 aromatic rings. The van der Waals surface area contributed by atoms with E-state index in [1.807, 2.05) is 0 Å². The fourth-order valence-electron chi connectivity index (χ4n) is 1.71. The lowest BCUT2D eigenvalue weighted by Gasteiger charge is -2.13. The molecule has 0 saturated carbocycles. The summed E-state index contributed by atoms with van der Waals surface area (Å²) in [6.07, 6.45) is -2.53. The van der Waals surface area contributed by atoms with Crippen molar-refractivity contribution >= 4 is 0 Å². The quantitative estimate of drug-likeness (QED) is 0.319. The topological polar surface area (TPSA) is 123 Å². The maximum atomic E-state index is 10.8. The van der Waals surface area contributed by atoms with Gasteiger partial charge in [0.2, 0.25) is 0 Å². The Morgan fingerprint density at radius 1 is 0.917 bits per heavy atom. The second-order valence-corrected chi connectivity index (χ2v) is 4.49. The smallest absolute Gasteiger partial charge is 0.349 e. The van der Waals surface area contributed by atoms with Crippen LogP contribution in [-0.4, -0.2) is 48.7 Å². The van der Waals surface area contributed by atoms with Crippen LogP contribution in [0.1, 0.15) is 13.8 Å². The van der Waals surface area contributed by atoms with E-state index < -0.39 is 22.3 Å². The third-order valence-electron chi connectivity index (χ3n) is 2.78. The van der Waals surface area contributed by atoms with Gasteiger partial charge in [-0.2, -0.15) is 0 Å². The molecule has 24 heavy (non-hydrogen) atoms. The molecule has 0 aliphatic rings. The minimum Gasteiger partial charge on any atom is -0.483 e. The average molecular weight is 344 g/mol. The zero-order chi connectivity index (χ0) is 17.9. The van der Waals surface area contributed by atoms with Gasteiger partial charge in [0.1, 0.15) is 11.5 Å². The summed E-state index contributed by atoms with van der Waals surface area (Å²) in [6.45, 7) is 3.15. The monoisotopic (exact) mass is 344 g/mol. The van der Waals surface area contributed by atoms with Crippen molar-refractivity contribution in [2.45, 2.75) is 26.3 Å². The maximum Gasteiger partial charge on any atom is 0.349 e. The summed E-state index contributed by atoms with van der Waals surface area (Å²) in [7, 11) is 0. The Balaban J connectivity index is 2.59. The normalized spacial score (nSPS) is 13.1. The highest BCUT2D eigenvalue weighted by molar-refractivity contribution is 5.32. The summed E-state index contributed by atoms with van der Waals surface area (Å²) in [6, 6.07) is 6.26. The van der Waals surface area contributed by atoms with Crippen molar-refractivity contribution in [3.8, 4) is 11.5 Å². The van der Waals surface area contributed by atoms with Crippen molar-refractivity contribution < 1.29 is 28.8 Å². The molecule has 0 aromatic heterocycles. The number of rotatable bonds is 12. The molecule has 0 N–H and O–H groups in total. The third kappa shape index (κ3) is 6.75. The van der Waals surface area contributed by atoms with Crippen LogP contribution >= 0.6 is 0 Å². The summed E-state index contributed by atoms with van der Waals surface area (Å²) < 4.78 is 20.5. The largest absolute Gasteiger partial charge is 0.483 e. The Labute approximate surface area is 138 Å². The molecule has 1 rings (SSSR count). The van der Waals surface area contributed by atoms with E-state index >= 15 is 0 Å². The first-order chi connectivity index (χ1) is 11.5. The van der Waals surface area contributed by atoms with Gasteiger partial charge in [-0.05, 0) is 26.0 Å². The first-order valence-corrected chi connectivity index (χ1v) is 7.33. The number of ether oxygens (including phenoxy) is 4. The number of hydrogen-bond acceptors (Lipinski definition) is 8. The van der Waals surface area contributed by atoms with E-state index in [1.165, 1.54) is 6.07 Å². The van der Waals surface area contributed by atoms with Gasteiger partial charge in [0, 0.05) is 6.07 Å². The van der Waals surface area contributed by atoms with Crippen LogP contribution in [-0.2, 0) is 9.47 Å². The van der Waals surface area contributed by atoms with E-state index in [0.29, 0.717) is 11.5 Å². The van der Waals surface area contributed by atoms with Crippen molar-refractivity contribution in [3.63, 3.8) is 0 Å². The molecule has 0 aliphatic carbocycles. The van der Waals surface area contributed by atoms with Gasteiger partial charge >= 0.3 is 12.5 Å². The lowest BCUT2D eigenvalue weighted by molar-refractivity contribution is -0.577. The van der Waals surface area contributed by atoms with Gasteiger partial charge in [0.05, 0.1) is 23.1 Å². The van der Waals surface area contributed by atoms with Gasteiger partial charge in [-0.1, -0.05) is 6.07 Å². The fourth-order valence-corrected chi connectivity index (χ4v) is 1.71. The van der Waals surface area contributed by atoms with E-state index in [0.717, 1.165) is 0 Å². The standard InChI is InChI=1S/C14H20N2O8/c1-3-21-13(15(17)18)9-23-11-6-5-7-12(8-11)24-10-14(16(19)20)22-4-2/h5-8,13-14H,3-4,9-10H2,1-2H3. The minimum absolute atomic E-state index is 0.192. The highest BCUT2D eigenvalue weighted by atomic mass is 16.7. The molecular weight excluding hydrogens is 324 g/mol. The number of hydrogen-bond donors (Lipinski definition) is 0. The molecule has 0 bridgehead atoms. The Morgan fingerprint density at radius 3 is 1.67 bits per heavy atom. The predicted molar refractivity (Wildman–Crippen MR) is 82.2 cm³/mol. The molecule has 10 nitrogen and oxygen atoms in total. The van der Waals surface area contributed by atoms with E-state index in [9.17, 15) is 20.2 Å². The molecule has 0 heterocycles. The minimum atomic E-state index is -1.27. The van der Waals surface area contributed by atoms with Crippen LogP contribution in [0.25, 0.3) is 0 Å². The summed E-state index contributed by atoms with van der Waals surface area (Å²) in [5.41, 5.74) is 0. The van der Waals surface area contributed by atoms with Crippen molar-refractivity contribution in [3.05, 3.63) is 44.5 Å². The third-order valence-corrected chi connectivity index (χ3v) is 2.78. The van der Waals surface area contributed by atoms with Crippen LogP contribution in [0.5, 0.6) is 11.5 Å². The Morgan fingerprint density at radius 2 is 1.33 bits per heavy atom. The summed E-state index contributed by atoms with van der Waals surface area (Å²) in [4.78, 5) is 20.4. The molecule has 2 atom stereocenters. The summed E-state index contributed by atoms with van der Waals surface area (Å²) in [5, 5.41) is 21.6. The molecule has 0 radical (unpaired) electrons. The second-order valence-electron chi connectivity index (χ2n) is 4.49. The fraction of sp³-hybridized carbons (Fsp3) is 0.571. The van der Waals surface area contributed by atoms with Crippen molar-refractivity contribution in [1.82, 2.24) is 0 Å². The Kier molecular flexibility index (Phi) is 8.44. The predicted octanol–water partition coefficient (Wildman–Crippen LogP) is 1.72. The van der Waals surface area contributed by atoms with E-state index in [1.54, 1.807) is 32.0 Å². The zero-order valence-corrected chi connectivity index (χ0v) is 13.5. The number of benzene rings is 1. The molecule has 0 spiro atoms. The van der Waals surface area contributed by atoms with E-state index in [2.05, 4.69) is 0 Å². The van der Waals surface area contributed by atoms with Crippen LogP contribution in [0.15, 0.2) is 24.3 Å². The summed E-state index contributed by atoms with van der Waals surface area (Å²) >= 11 is 0. The average Bonchev–Trinajstić information content (AvgIpc) is 2.55. The van der Waals surface area contributed by atoms with Gasteiger partial charge < -0.3 is 18.9 Å². The summed E-state index contributed by atoms with van der Waals surface area (Å²) in [5.74, 6) is 0.654. The molecule has 2 unspecified atom stereocenters. The molecule has 0 saturated heterocycles. The van der Waals surface area contributed by atoms with Crippen LogP contribution < -0.4 is 9.47 Å². The molecule has 0 fully saturated rings. The molecular formula is C14H20N2O8. The molecule has 134 valence electrons. The lowest BCUT2D eigenvalue weighted by Crippen LogP contribution is -2.30. The second kappa shape index (κ2) is 10.3. The zero-order valence-electron chi connectivity index (χ0n) is 13.5. The molecule has 0 amide bonds. The Hall–Kier alpha value is -2.46. The molecule has 1 aromatic carbocycles. The maximum absolute atomic E-state index is 10.8. The van der Waals surface area contributed by atoms with Crippen molar-refractivity contribution in [2.24, 2.45) is 0 Å². The van der Waals surface area contributed by atoms with Gasteiger partial charge in [-0.3, -0.25) is 20.2 Å². The van der Waals surface area contributed by atoms with Crippen molar-refractivity contribution in [2.75, 3.05) is 26.4 Å². The lowest BCUT2D eigenvalue weighted by atomic mass is 10.3. The SMILES string of the molecule is CCOC(COc1cccc(OCC(OCC)[N+](=O)[O-])c1)[N+](=O)[O-]. The first-order valence-electron chi connectivity index (χ1n) is 7.33. The van der Waals surface area contributed by atoms with Crippen LogP contribution in [0.3, 0.4) is 0 Å². The van der Waals surface area contributed by atoms with Crippen molar-refractivity contribution in [1.29, 1.82) is 0 Å². The molecule has 10 heteroatoms. The highest BCUT2D eigenvalue weighted by Gasteiger charge is 2.22. The van der Waals surface area contributed by atoms with Gasteiger partial charge in [-0.25, -0.2) is 0 Å². The van der Waals surface area contributed by atoms with Gasteiger partial charge in [0.25, 0.3) is 0 Å². The molecule has 0 aliphatic heterocycles. The highest BCUT2D eigenvalue weighted by Crippen LogP contribution is 2.20.